The molecule has 0 spiro atoms. The second-order valence-electron chi connectivity index (χ2n) is 6.97. The van der Waals surface area contributed by atoms with Gasteiger partial charge in [0.1, 0.15) is 23.4 Å². The number of ether oxygens (including phenoxy) is 2. The fraction of sp³-hybridized carbons (Fsp3) is 0.381. The lowest BCUT2D eigenvalue weighted by Crippen LogP contribution is -2.35. The number of piperidine rings is 1. The molecule has 2 aromatic rings. The summed E-state index contributed by atoms with van der Waals surface area (Å²) in [6.45, 7) is 3.68. The van der Waals surface area contributed by atoms with Gasteiger partial charge in [-0.1, -0.05) is 11.6 Å². The number of nitrogens with one attached hydrogen (secondary N) is 1. The summed E-state index contributed by atoms with van der Waals surface area (Å²) < 4.78 is 24.6. The molecule has 1 N–H and O–H groups in total. The first-order chi connectivity index (χ1) is 13.4. The van der Waals surface area contributed by atoms with Crippen molar-refractivity contribution in [3.8, 4) is 11.5 Å². The molecule has 1 aliphatic heterocycles. The van der Waals surface area contributed by atoms with Gasteiger partial charge < -0.3 is 19.7 Å². The lowest BCUT2D eigenvalue weighted by atomic mass is 10.1. The van der Waals surface area contributed by atoms with Crippen LogP contribution >= 0.6 is 11.6 Å². The van der Waals surface area contributed by atoms with Crippen molar-refractivity contribution in [1.29, 1.82) is 0 Å². The number of carbonyl (C=O) groups excluding carboxylic acids is 1. The van der Waals surface area contributed by atoms with Crippen molar-refractivity contribution in [1.82, 2.24) is 4.90 Å². The van der Waals surface area contributed by atoms with Crippen LogP contribution in [-0.4, -0.2) is 43.2 Å². The molecule has 1 heterocycles. The highest BCUT2D eigenvalue weighted by Crippen LogP contribution is 2.26. The fourth-order valence-electron chi connectivity index (χ4n) is 2.97. The molecule has 1 amide bonds. The van der Waals surface area contributed by atoms with Gasteiger partial charge in [0.25, 0.3) is 5.91 Å². The van der Waals surface area contributed by atoms with E-state index in [0.29, 0.717) is 5.69 Å². The Kier molecular flexibility index (Phi) is 6.75. The minimum atomic E-state index is -0.793. The third-order valence-corrected chi connectivity index (χ3v) is 4.95. The number of nitrogens with zero attached hydrogens (tertiary/aromatic N) is 1. The van der Waals surface area contributed by atoms with Gasteiger partial charge in [-0.2, -0.15) is 0 Å². The molecule has 0 bridgehead atoms. The lowest BCUT2D eigenvalue weighted by Gasteiger charge is -2.29. The minimum Gasteiger partial charge on any atom is -0.490 e. The Bertz CT molecular complexity index is 808. The highest BCUT2D eigenvalue weighted by Gasteiger charge is 2.19. The summed E-state index contributed by atoms with van der Waals surface area (Å²) in [5.74, 6) is 0.254. The molecule has 0 saturated carbocycles. The Morgan fingerprint density at radius 2 is 1.89 bits per heavy atom. The summed E-state index contributed by atoms with van der Waals surface area (Å²) >= 11 is 5.93. The van der Waals surface area contributed by atoms with Crippen molar-refractivity contribution in [2.45, 2.75) is 32.0 Å². The molecular formula is C21H24ClFN2O3. The van der Waals surface area contributed by atoms with E-state index in [9.17, 15) is 9.18 Å². The second kappa shape index (κ2) is 9.26. The SMILES string of the molecule is CC(Oc1ccc(F)cc1Cl)C(=O)Nc1ccc(OC2CCN(C)CC2)cc1. The third kappa shape index (κ3) is 5.59. The number of rotatable bonds is 6. The third-order valence-electron chi connectivity index (χ3n) is 4.66. The summed E-state index contributed by atoms with van der Waals surface area (Å²) in [6.07, 6.45) is 1.45. The average Bonchev–Trinajstić information content (AvgIpc) is 2.67. The van der Waals surface area contributed by atoms with E-state index in [1.54, 1.807) is 19.1 Å². The standard InChI is InChI=1S/C21H24ClFN2O3/c1-14(27-20-8-3-15(23)13-19(20)22)21(26)24-16-4-6-17(7-5-16)28-18-9-11-25(2)12-10-18/h3-8,13-14,18H,9-12H2,1-2H3,(H,24,26). The van der Waals surface area contributed by atoms with Crippen molar-refractivity contribution < 1.29 is 18.7 Å². The molecule has 0 aliphatic carbocycles. The first-order valence-corrected chi connectivity index (χ1v) is 9.66. The minimum absolute atomic E-state index is 0.120. The van der Waals surface area contributed by atoms with E-state index in [2.05, 4.69) is 17.3 Å². The lowest BCUT2D eigenvalue weighted by molar-refractivity contribution is -0.122. The van der Waals surface area contributed by atoms with E-state index >= 15 is 0 Å². The van der Waals surface area contributed by atoms with Crippen molar-refractivity contribution in [2.75, 3.05) is 25.5 Å². The van der Waals surface area contributed by atoms with E-state index in [1.807, 2.05) is 12.1 Å². The number of likely N-dealkylation sites (tertiary alicyclic amines) is 1. The molecule has 7 heteroatoms. The van der Waals surface area contributed by atoms with Crippen molar-refractivity contribution in [2.24, 2.45) is 0 Å². The molecule has 1 unspecified atom stereocenters. The summed E-state index contributed by atoms with van der Waals surface area (Å²) in [7, 11) is 2.11. The summed E-state index contributed by atoms with van der Waals surface area (Å²) in [4.78, 5) is 14.6. The fourth-order valence-corrected chi connectivity index (χ4v) is 3.18. The number of hydrogen-bond acceptors (Lipinski definition) is 4. The van der Waals surface area contributed by atoms with Gasteiger partial charge in [0.15, 0.2) is 6.10 Å². The smallest absolute Gasteiger partial charge is 0.265 e. The van der Waals surface area contributed by atoms with Crippen LogP contribution in [0.3, 0.4) is 0 Å². The average molecular weight is 407 g/mol. The van der Waals surface area contributed by atoms with Crippen LogP contribution in [0, 0.1) is 5.82 Å². The van der Waals surface area contributed by atoms with Crippen molar-refractivity contribution in [3.05, 3.63) is 53.3 Å². The van der Waals surface area contributed by atoms with Crippen LogP contribution in [-0.2, 0) is 4.79 Å². The molecular weight excluding hydrogens is 383 g/mol. The molecule has 1 aliphatic rings. The van der Waals surface area contributed by atoms with Crippen LogP contribution in [0.2, 0.25) is 5.02 Å². The molecule has 28 heavy (non-hydrogen) atoms. The summed E-state index contributed by atoms with van der Waals surface area (Å²) in [5.41, 5.74) is 0.640. The van der Waals surface area contributed by atoms with Gasteiger partial charge in [0.2, 0.25) is 0 Å². The molecule has 1 fully saturated rings. The van der Waals surface area contributed by atoms with E-state index < -0.39 is 11.9 Å². The Morgan fingerprint density at radius 1 is 1.21 bits per heavy atom. The van der Waals surface area contributed by atoms with E-state index in [1.165, 1.54) is 12.1 Å². The second-order valence-corrected chi connectivity index (χ2v) is 7.38. The number of carbonyl (C=O) groups is 1. The largest absolute Gasteiger partial charge is 0.490 e. The van der Waals surface area contributed by atoms with Crippen LogP contribution in [0.25, 0.3) is 0 Å². The molecule has 0 radical (unpaired) electrons. The van der Waals surface area contributed by atoms with Gasteiger partial charge in [0.05, 0.1) is 5.02 Å². The summed E-state index contributed by atoms with van der Waals surface area (Å²) in [6, 6.07) is 11.0. The number of halogens is 2. The van der Waals surface area contributed by atoms with Gasteiger partial charge in [-0.15, -0.1) is 0 Å². The first-order valence-electron chi connectivity index (χ1n) is 9.28. The van der Waals surface area contributed by atoms with Gasteiger partial charge in [-0.25, -0.2) is 4.39 Å². The quantitative estimate of drug-likeness (QED) is 0.774. The molecule has 0 aromatic heterocycles. The predicted molar refractivity (Wildman–Crippen MR) is 108 cm³/mol. The first kappa shape index (κ1) is 20.4. The number of anilines is 1. The maximum atomic E-state index is 13.1. The number of hydrogen-bond donors (Lipinski definition) is 1. The molecule has 2 aromatic carbocycles. The van der Waals surface area contributed by atoms with Gasteiger partial charge in [-0.05, 0) is 69.3 Å². The molecule has 3 rings (SSSR count). The van der Waals surface area contributed by atoms with Crippen LogP contribution in [0.4, 0.5) is 10.1 Å². The Balaban J connectivity index is 1.52. The zero-order valence-corrected chi connectivity index (χ0v) is 16.7. The monoisotopic (exact) mass is 406 g/mol. The Labute approximate surface area is 169 Å². The maximum absolute atomic E-state index is 13.1. The Morgan fingerprint density at radius 3 is 2.54 bits per heavy atom. The molecule has 150 valence electrons. The highest BCUT2D eigenvalue weighted by atomic mass is 35.5. The number of amides is 1. The van der Waals surface area contributed by atoms with Crippen LogP contribution in [0.1, 0.15) is 19.8 Å². The highest BCUT2D eigenvalue weighted by molar-refractivity contribution is 6.32. The maximum Gasteiger partial charge on any atom is 0.265 e. The molecule has 1 saturated heterocycles. The van der Waals surface area contributed by atoms with Gasteiger partial charge in [0, 0.05) is 18.8 Å². The van der Waals surface area contributed by atoms with Crippen LogP contribution < -0.4 is 14.8 Å². The Hall–Kier alpha value is -2.31. The normalized spacial score (nSPS) is 16.4. The molecule has 1 atom stereocenters. The van der Waals surface area contributed by atoms with Gasteiger partial charge in [-0.3, -0.25) is 4.79 Å². The predicted octanol–water partition coefficient (Wildman–Crippen LogP) is 4.36. The van der Waals surface area contributed by atoms with Crippen molar-refractivity contribution >= 4 is 23.2 Å². The van der Waals surface area contributed by atoms with Crippen molar-refractivity contribution in [3.63, 3.8) is 0 Å². The van der Waals surface area contributed by atoms with Crippen LogP contribution in [0.5, 0.6) is 11.5 Å². The van der Waals surface area contributed by atoms with E-state index in [0.717, 1.165) is 37.7 Å². The number of benzene rings is 2. The zero-order valence-electron chi connectivity index (χ0n) is 16.0. The zero-order chi connectivity index (χ0) is 20.1. The van der Waals surface area contributed by atoms with E-state index in [-0.39, 0.29) is 22.8 Å². The van der Waals surface area contributed by atoms with Gasteiger partial charge >= 0.3 is 0 Å². The summed E-state index contributed by atoms with van der Waals surface area (Å²) in [5, 5.41) is 2.91. The topological polar surface area (TPSA) is 50.8 Å². The van der Waals surface area contributed by atoms with Crippen LogP contribution in [0.15, 0.2) is 42.5 Å². The van der Waals surface area contributed by atoms with E-state index in [4.69, 9.17) is 21.1 Å². The molecule has 5 nitrogen and oxygen atoms in total.